The van der Waals surface area contributed by atoms with Gasteiger partial charge in [0.2, 0.25) is 5.91 Å². The quantitative estimate of drug-likeness (QED) is 0.734. The number of rotatable bonds is 5. The van der Waals surface area contributed by atoms with Gasteiger partial charge in [-0.1, -0.05) is 23.5 Å². The molecule has 0 bridgehead atoms. The van der Waals surface area contributed by atoms with E-state index in [1.165, 1.54) is 28.7 Å². The summed E-state index contributed by atoms with van der Waals surface area (Å²) in [7, 11) is 0. The normalized spacial score (nSPS) is 23.2. The van der Waals surface area contributed by atoms with Crippen LogP contribution < -0.4 is 5.32 Å². The molecule has 2 N–H and O–H groups in total. The lowest BCUT2D eigenvalue weighted by atomic mass is 9.89. The van der Waals surface area contributed by atoms with Crippen LogP contribution in [0.25, 0.3) is 0 Å². The maximum absolute atomic E-state index is 12.3. The highest BCUT2D eigenvalue weighted by molar-refractivity contribution is 8.18. The first-order valence-electron chi connectivity index (χ1n) is 7.80. The van der Waals surface area contributed by atoms with Gasteiger partial charge in [0.1, 0.15) is 5.92 Å². The van der Waals surface area contributed by atoms with Crippen LogP contribution >= 0.6 is 23.5 Å². The number of hydrogen-bond acceptors (Lipinski definition) is 6. The Morgan fingerprint density at radius 2 is 2.17 bits per heavy atom. The highest BCUT2D eigenvalue weighted by atomic mass is 32.2. The summed E-state index contributed by atoms with van der Waals surface area (Å²) in [5.41, 5.74) is 1.22. The third kappa shape index (κ3) is 3.87. The minimum absolute atomic E-state index is 0.0541. The molecule has 2 amide bonds. The average Bonchev–Trinajstić information content (AvgIpc) is 2.92. The zero-order valence-corrected chi connectivity index (χ0v) is 14.3. The third-order valence-corrected chi connectivity index (χ3v) is 6.03. The van der Waals surface area contributed by atoms with Crippen LogP contribution in [-0.4, -0.2) is 46.0 Å². The third-order valence-electron chi connectivity index (χ3n) is 3.93. The average molecular weight is 353 g/mol. The topological polar surface area (TPSA) is 91.1 Å². The van der Waals surface area contributed by atoms with Gasteiger partial charge in [0.25, 0.3) is 5.91 Å². The van der Waals surface area contributed by atoms with Crippen LogP contribution in [0.1, 0.15) is 32.1 Å². The van der Waals surface area contributed by atoms with E-state index in [-0.39, 0.29) is 30.1 Å². The van der Waals surface area contributed by atoms with Gasteiger partial charge in [0, 0.05) is 13.2 Å². The molecule has 1 unspecified atom stereocenters. The molecule has 0 aromatic rings. The summed E-state index contributed by atoms with van der Waals surface area (Å²) in [5, 5.41) is 12.6. The van der Waals surface area contributed by atoms with Crippen molar-refractivity contribution in [3.63, 3.8) is 0 Å². The maximum atomic E-state index is 12.3. The van der Waals surface area contributed by atoms with Gasteiger partial charge in [0.05, 0.1) is 10.8 Å². The van der Waals surface area contributed by atoms with Gasteiger partial charge >= 0.3 is 0 Å². The van der Waals surface area contributed by atoms with Crippen molar-refractivity contribution in [2.75, 3.05) is 18.9 Å². The number of aliphatic imine (C=N–C) groups is 2. The van der Waals surface area contributed by atoms with E-state index >= 15 is 0 Å². The molecule has 0 saturated carbocycles. The van der Waals surface area contributed by atoms with Crippen molar-refractivity contribution in [1.82, 2.24) is 5.32 Å². The highest BCUT2D eigenvalue weighted by Gasteiger charge is 2.40. The second-order valence-electron chi connectivity index (χ2n) is 5.59. The van der Waals surface area contributed by atoms with Gasteiger partial charge in [-0.25, -0.2) is 4.99 Å². The van der Waals surface area contributed by atoms with E-state index < -0.39 is 0 Å². The van der Waals surface area contributed by atoms with E-state index in [4.69, 9.17) is 5.11 Å². The van der Waals surface area contributed by atoms with Crippen molar-refractivity contribution in [3.05, 3.63) is 10.5 Å². The van der Waals surface area contributed by atoms with Crippen LogP contribution in [0, 0.1) is 5.92 Å². The van der Waals surface area contributed by atoms with Gasteiger partial charge in [-0.2, -0.15) is 4.99 Å². The number of hydrogen-bond donors (Lipinski definition) is 2. The smallest absolute Gasteiger partial charge is 0.262 e. The molecule has 0 aromatic carbocycles. The van der Waals surface area contributed by atoms with Gasteiger partial charge in [0.15, 0.2) is 5.17 Å². The minimum atomic E-state index is -0.252. The number of carbonyl (C=O) groups excluding carboxylic acids is 2. The van der Waals surface area contributed by atoms with E-state index in [0.29, 0.717) is 18.1 Å². The zero-order chi connectivity index (χ0) is 16.2. The van der Waals surface area contributed by atoms with Crippen molar-refractivity contribution < 1.29 is 14.7 Å². The highest BCUT2D eigenvalue weighted by Crippen LogP contribution is 2.47. The Labute approximate surface area is 143 Å². The van der Waals surface area contributed by atoms with Crippen LogP contribution in [0.5, 0.6) is 0 Å². The molecular formula is C15H19N3O3S2. The summed E-state index contributed by atoms with van der Waals surface area (Å²) in [6.07, 6.45) is 4.86. The first-order chi connectivity index (χ1) is 11.2. The summed E-state index contributed by atoms with van der Waals surface area (Å²) >= 11 is 2.81. The molecule has 0 fully saturated rings. The number of nitrogens with zero attached hydrogens (tertiary/aromatic N) is 2. The number of amides is 2. The van der Waals surface area contributed by atoms with Crippen LogP contribution in [0.15, 0.2) is 20.5 Å². The Morgan fingerprint density at radius 3 is 3.00 bits per heavy atom. The second kappa shape index (κ2) is 7.63. The van der Waals surface area contributed by atoms with Crippen LogP contribution in [0.3, 0.4) is 0 Å². The lowest BCUT2D eigenvalue weighted by molar-refractivity contribution is -0.119. The first kappa shape index (κ1) is 16.7. The van der Waals surface area contributed by atoms with Crippen molar-refractivity contribution in [2.24, 2.45) is 15.9 Å². The summed E-state index contributed by atoms with van der Waals surface area (Å²) in [4.78, 5) is 33.9. The van der Waals surface area contributed by atoms with Gasteiger partial charge < -0.3 is 10.4 Å². The summed E-state index contributed by atoms with van der Waals surface area (Å²) in [6.45, 7) is 0.503. The molecule has 0 saturated heterocycles. The molecule has 2 heterocycles. The molecule has 8 heteroatoms. The maximum Gasteiger partial charge on any atom is 0.262 e. The van der Waals surface area contributed by atoms with E-state index in [2.05, 4.69) is 15.3 Å². The molecule has 2 aliphatic heterocycles. The monoisotopic (exact) mass is 353 g/mol. The van der Waals surface area contributed by atoms with E-state index in [9.17, 15) is 9.59 Å². The molecule has 23 heavy (non-hydrogen) atoms. The molecule has 1 aliphatic carbocycles. The van der Waals surface area contributed by atoms with Crippen molar-refractivity contribution in [3.8, 4) is 0 Å². The molecule has 0 aromatic heterocycles. The molecule has 0 spiro atoms. The fourth-order valence-corrected chi connectivity index (χ4v) is 4.91. The SMILES string of the molecule is O=C(CSC1=NC(=O)C2C(=N1)SC1=C2CCCC1)NCCCO. The Kier molecular flexibility index (Phi) is 5.55. The summed E-state index contributed by atoms with van der Waals surface area (Å²) in [5.74, 6) is -0.357. The molecule has 3 aliphatic rings. The number of fused-ring (bicyclic) bond motifs is 2. The Morgan fingerprint density at radius 1 is 1.35 bits per heavy atom. The van der Waals surface area contributed by atoms with Crippen molar-refractivity contribution >= 4 is 45.5 Å². The minimum Gasteiger partial charge on any atom is -0.396 e. The van der Waals surface area contributed by atoms with Gasteiger partial charge in [-0.15, -0.1) is 0 Å². The first-order valence-corrected chi connectivity index (χ1v) is 9.60. The zero-order valence-electron chi connectivity index (χ0n) is 12.7. The lowest BCUT2D eigenvalue weighted by Gasteiger charge is -2.18. The Bertz CT molecular complexity index is 613. The number of allylic oxidation sites excluding steroid dienone is 1. The predicted molar refractivity (Wildman–Crippen MR) is 93.6 cm³/mol. The lowest BCUT2D eigenvalue weighted by Crippen LogP contribution is -2.28. The summed E-state index contributed by atoms with van der Waals surface area (Å²) in [6, 6.07) is 0. The van der Waals surface area contributed by atoms with Crippen LogP contribution in [0.4, 0.5) is 0 Å². The van der Waals surface area contributed by atoms with Crippen molar-refractivity contribution in [2.45, 2.75) is 32.1 Å². The second-order valence-corrected chi connectivity index (χ2v) is 7.65. The van der Waals surface area contributed by atoms with Gasteiger partial charge in [-0.05, 0) is 42.6 Å². The largest absolute Gasteiger partial charge is 0.396 e. The van der Waals surface area contributed by atoms with Gasteiger partial charge in [-0.3, -0.25) is 9.59 Å². The number of nitrogens with one attached hydrogen (secondary N) is 1. The standard InChI is InChI=1S/C15H19N3O3S2/c19-7-3-6-16-11(20)8-22-15-17-13(21)12-9-4-1-2-5-10(9)23-14(12)18-15/h12,19H,1-8H2,(H,16,20). The Balaban J connectivity index is 1.58. The number of amidine groups is 1. The molecule has 6 nitrogen and oxygen atoms in total. The van der Waals surface area contributed by atoms with Crippen molar-refractivity contribution in [1.29, 1.82) is 0 Å². The van der Waals surface area contributed by atoms with E-state index in [1.54, 1.807) is 11.8 Å². The van der Waals surface area contributed by atoms with E-state index in [0.717, 1.165) is 24.3 Å². The van der Waals surface area contributed by atoms with E-state index in [1.807, 2.05) is 0 Å². The van der Waals surface area contributed by atoms with Crippen LogP contribution in [-0.2, 0) is 9.59 Å². The number of aliphatic hydroxyl groups excluding tert-OH is 1. The molecule has 1 atom stereocenters. The molecule has 124 valence electrons. The Hall–Kier alpha value is -1.12. The fraction of sp³-hybridized carbons (Fsp3) is 0.600. The van der Waals surface area contributed by atoms with Crippen LogP contribution in [0.2, 0.25) is 0 Å². The molecular weight excluding hydrogens is 334 g/mol. The molecule has 3 rings (SSSR count). The number of aliphatic hydroxyl groups is 1. The fourth-order valence-electron chi connectivity index (χ4n) is 2.83. The predicted octanol–water partition coefficient (Wildman–Crippen LogP) is 1.70. The molecule has 0 radical (unpaired) electrons. The number of thioether (sulfide) groups is 2. The number of carbonyl (C=O) groups is 2. The summed E-state index contributed by atoms with van der Waals surface area (Å²) < 4.78 is 0.